The highest BCUT2D eigenvalue weighted by Gasteiger charge is 2.40. The van der Waals surface area contributed by atoms with Crippen molar-refractivity contribution in [2.24, 2.45) is 5.41 Å². The summed E-state index contributed by atoms with van der Waals surface area (Å²) in [6, 6.07) is 16.4. The Bertz CT molecular complexity index is 1020. The second kappa shape index (κ2) is 10.3. The van der Waals surface area contributed by atoms with Crippen LogP contribution in [-0.4, -0.2) is 54.7 Å². The zero-order chi connectivity index (χ0) is 24.1. The predicted molar refractivity (Wildman–Crippen MR) is 128 cm³/mol. The Morgan fingerprint density at radius 2 is 1.68 bits per heavy atom. The summed E-state index contributed by atoms with van der Waals surface area (Å²) >= 11 is 0. The van der Waals surface area contributed by atoms with Gasteiger partial charge in [-0.1, -0.05) is 55.0 Å². The number of carbonyl (C=O) groups excluding carboxylic acids is 2. The van der Waals surface area contributed by atoms with Crippen LogP contribution in [0.5, 0.6) is 0 Å². The average molecular weight is 465 g/mol. The molecule has 7 heteroatoms. The van der Waals surface area contributed by atoms with Crippen LogP contribution in [0, 0.1) is 5.41 Å². The number of nitrogens with one attached hydrogen (secondary N) is 1. The van der Waals surface area contributed by atoms with E-state index >= 15 is 0 Å². The van der Waals surface area contributed by atoms with Crippen LogP contribution in [0.2, 0.25) is 0 Å². The molecule has 2 amide bonds. The van der Waals surface area contributed by atoms with Crippen molar-refractivity contribution in [1.29, 1.82) is 0 Å². The SMILES string of the molecule is CN(CCCC(=O)O)C(=O)CC1(CNC(=O)OCC2c3ccccc3-c3ccccc32)CCC1. The molecule has 0 heterocycles. The largest absolute Gasteiger partial charge is 0.481 e. The maximum Gasteiger partial charge on any atom is 0.407 e. The highest BCUT2D eigenvalue weighted by Crippen LogP contribution is 2.45. The summed E-state index contributed by atoms with van der Waals surface area (Å²) in [6.45, 7) is 1.08. The van der Waals surface area contributed by atoms with Gasteiger partial charge in [-0.15, -0.1) is 0 Å². The molecular weight excluding hydrogens is 432 g/mol. The Labute approximate surface area is 200 Å². The van der Waals surface area contributed by atoms with Crippen molar-refractivity contribution in [2.45, 2.75) is 44.4 Å². The molecule has 1 fully saturated rings. The molecule has 2 aromatic rings. The number of fused-ring (bicyclic) bond motifs is 3. The van der Waals surface area contributed by atoms with E-state index in [9.17, 15) is 14.4 Å². The van der Waals surface area contributed by atoms with Gasteiger partial charge in [-0.05, 0) is 46.9 Å². The number of amides is 2. The molecular formula is C27H32N2O5. The lowest BCUT2D eigenvalue weighted by molar-refractivity contribution is -0.138. The lowest BCUT2D eigenvalue weighted by atomic mass is 9.66. The van der Waals surface area contributed by atoms with E-state index in [1.807, 2.05) is 24.3 Å². The zero-order valence-electron chi connectivity index (χ0n) is 19.6. The first-order valence-corrected chi connectivity index (χ1v) is 11.9. The van der Waals surface area contributed by atoms with Crippen molar-refractivity contribution in [3.63, 3.8) is 0 Å². The second-order valence-corrected chi connectivity index (χ2v) is 9.52. The first kappa shape index (κ1) is 23.8. The molecule has 1 saturated carbocycles. The van der Waals surface area contributed by atoms with Gasteiger partial charge in [-0.2, -0.15) is 0 Å². The Hall–Kier alpha value is -3.35. The Kier molecular flexibility index (Phi) is 7.20. The standard InChI is InChI=1S/C27H32N2O5/c1-29(15-6-12-25(31)32)24(30)16-27(13-7-14-27)18-28-26(33)34-17-23-21-10-4-2-8-19(21)20-9-3-5-11-22(20)23/h2-5,8-11,23H,6-7,12-18H2,1H3,(H,28,33)(H,31,32). The van der Waals surface area contributed by atoms with Gasteiger partial charge >= 0.3 is 12.1 Å². The fraction of sp³-hybridized carbons (Fsp3) is 0.444. The number of hydrogen-bond donors (Lipinski definition) is 2. The van der Waals surface area contributed by atoms with Gasteiger partial charge < -0.3 is 20.1 Å². The van der Waals surface area contributed by atoms with Crippen molar-refractivity contribution in [3.05, 3.63) is 59.7 Å². The van der Waals surface area contributed by atoms with E-state index in [4.69, 9.17) is 9.84 Å². The molecule has 2 aliphatic rings. The van der Waals surface area contributed by atoms with Crippen LogP contribution in [-0.2, 0) is 14.3 Å². The molecule has 2 N–H and O–H groups in total. The van der Waals surface area contributed by atoms with Crippen LogP contribution in [0.4, 0.5) is 4.79 Å². The molecule has 34 heavy (non-hydrogen) atoms. The van der Waals surface area contributed by atoms with E-state index in [1.54, 1.807) is 11.9 Å². The van der Waals surface area contributed by atoms with Gasteiger partial charge in [0.2, 0.25) is 5.91 Å². The molecule has 0 saturated heterocycles. The number of rotatable bonds is 10. The Morgan fingerprint density at radius 1 is 1.06 bits per heavy atom. The summed E-state index contributed by atoms with van der Waals surface area (Å²) in [5, 5.41) is 11.7. The zero-order valence-corrected chi connectivity index (χ0v) is 19.6. The minimum absolute atomic E-state index is 0.0110. The maximum absolute atomic E-state index is 12.6. The van der Waals surface area contributed by atoms with Gasteiger partial charge in [0.05, 0.1) is 0 Å². The fourth-order valence-electron chi connectivity index (χ4n) is 5.05. The third kappa shape index (κ3) is 5.24. The first-order chi connectivity index (χ1) is 16.4. The number of ether oxygens (including phenoxy) is 1. The van der Waals surface area contributed by atoms with E-state index in [2.05, 4.69) is 29.6 Å². The van der Waals surface area contributed by atoms with Crippen LogP contribution in [0.3, 0.4) is 0 Å². The molecule has 2 aliphatic carbocycles. The van der Waals surface area contributed by atoms with Gasteiger partial charge in [0.15, 0.2) is 0 Å². The number of hydrogen-bond acceptors (Lipinski definition) is 4. The van der Waals surface area contributed by atoms with E-state index in [0.717, 1.165) is 19.3 Å². The highest BCUT2D eigenvalue weighted by atomic mass is 16.5. The lowest BCUT2D eigenvalue weighted by Gasteiger charge is -2.42. The number of carboxylic acids is 1. The molecule has 180 valence electrons. The summed E-state index contributed by atoms with van der Waals surface area (Å²) in [4.78, 5) is 37.5. The molecule has 0 unspecified atom stereocenters. The summed E-state index contributed by atoms with van der Waals surface area (Å²) in [7, 11) is 1.70. The number of alkyl carbamates (subject to hydrolysis) is 1. The molecule has 0 spiro atoms. The normalized spacial score (nSPS) is 15.6. The van der Waals surface area contributed by atoms with E-state index in [1.165, 1.54) is 22.3 Å². The fourth-order valence-corrected chi connectivity index (χ4v) is 5.05. The quantitative estimate of drug-likeness (QED) is 0.543. The van der Waals surface area contributed by atoms with Crippen molar-refractivity contribution in [1.82, 2.24) is 10.2 Å². The third-order valence-corrected chi connectivity index (χ3v) is 7.20. The molecule has 4 rings (SSSR count). The molecule has 0 radical (unpaired) electrons. The average Bonchev–Trinajstić information content (AvgIpc) is 3.12. The Balaban J connectivity index is 1.28. The number of carboxylic acid groups (broad SMARTS) is 1. The summed E-state index contributed by atoms with van der Waals surface area (Å²) in [5.41, 5.74) is 4.47. The maximum atomic E-state index is 12.6. The van der Waals surface area contributed by atoms with Crippen LogP contribution >= 0.6 is 0 Å². The van der Waals surface area contributed by atoms with Gasteiger partial charge in [-0.3, -0.25) is 9.59 Å². The van der Waals surface area contributed by atoms with Crippen molar-refractivity contribution in [3.8, 4) is 11.1 Å². The molecule has 2 aromatic carbocycles. The van der Waals surface area contributed by atoms with E-state index in [0.29, 0.717) is 25.9 Å². The van der Waals surface area contributed by atoms with Gasteiger partial charge in [0.25, 0.3) is 0 Å². The topological polar surface area (TPSA) is 95.9 Å². The van der Waals surface area contributed by atoms with Gasteiger partial charge in [0, 0.05) is 38.9 Å². The van der Waals surface area contributed by atoms with Crippen molar-refractivity contribution < 1.29 is 24.2 Å². The van der Waals surface area contributed by atoms with Gasteiger partial charge in [0.1, 0.15) is 6.61 Å². The summed E-state index contributed by atoms with van der Waals surface area (Å²) in [6.07, 6.45) is 3.16. The van der Waals surface area contributed by atoms with E-state index < -0.39 is 12.1 Å². The summed E-state index contributed by atoms with van der Waals surface area (Å²) < 4.78 is 5.63. The molecule has 0 atom stereocenters. The number of benzene rings is 2. The Morgan fingerprint density at radius 3 is 2.24 bits per heavy atom. The molecule has 0 aliphatic heterocycles. The first-order valence-electron chi connectivity index (χ1n) is 11.9. The summed E-state index contributed by atoms with van der Waals surface area (Å²) in [5.74, 6) is -0.861. The molecule has 0 bridgehead atoms. The number of nitrogens with zero attached hydrogens (tertiary/aromatic N) is 1. The molecule has 0 aromatic heterocycles. The number of aliphatic carboxylic acids is 1. The van der Waals surface area contributed by atoms with Crippen molar-refractivity contribution >= 4 is 18.0 Å². The minimum Gasteiger partial charge on any atom is -0.481 e. The van der Waals surface area contributed by atoms with Crippen LogP contribution in [0.25, 0.3) is 11.1 Å². The van der Waals surface area contributed by atoms with E-state index in [-0.39, 0.29) is 30.3 Å². The highest BCUT2D eigenvalue weighted by molar-refractivity contribution is 5.79. The second-order valence-electron chi connectivity index (χ2n) is 9.52. The van der Waals surface area contributed by atoms with Crippen molar-refractivity contribution in [2.75, 3.05) is 26.7 Å². The van der Waals surface area contributed by atoms with Crippen LogP contribution < -0.4 is 5.32 Å². The lowest BCUT2D eigenvalue weighted by Crippen LogP contribution is -2.46. The van der Waals surface area contributed by atoms with Crippen LogP contribution in [0.1, 0.15) is 55.6 Å². The smallest absolute Gasteiger partial charge is 0.407 e. The number of carbonyl (C=O) groups is 3. The molecule has 7 nitrogen and oxygen atoms in total. The predicted octanol–water partition coefficient (Wildman–Crippen LogP) is 4.41. The minimum atomic E-state index is -0.858. The van der Waals surface area contributed by atoms with Crippen LogP contribution in [0.15, 0.2) is 48.5 Å². The third-order valence-electron chi connectivity index (χ3n) is 7.20. The van der Waals surface area contributed by atoms with Gasteiger partial charge in [-0.25, -0.2) is 4.79 Å². The monoisotopic (exact) mass is 464 g/mol.